The molecule has 2 amide bonds. The van der Waals surface area contributed by atoms with Crippen LogP contribution in [0.25, 0.3) is 0 Å². The number of fused-ring (bicyclic) bond motifs is 1. The topological polar surface area (TPSA) is 49.9 Å². The molecule has 5 nitrogen and oxygen atoms in total. The van der Waals surface area contributed by atoms with E-state index in [-0.39, 0.29) is 17.9 Å². The molecule has 0 bridgehead atoms. The summed E-state index contributed by atoms with van der Waals surface area (Å²) in [6.07, 6.45) is -0.676. The van der Waals surface area contributed by atoms with Crippen molar-refractivity contribution in [1.29, 1.82) is 0 Å². The predicted octanol–water partition coefficient (Wildman–Crippen LogP) is 3.16. The lowest BCUT2D eigenvalue weighted by Gasteiger charge is -2.41. The van der Waals surface area contributed by atoms with E-state index in [4.69, 9.17) is 4.74 Å². The Kier molecular flexibility index (Phi) is 4.86. The summed E-state index contributed by atoms with van der Waals surface area (Å²) in [4.78, 5) is 28.7. The second-order valence-electron chi connectivity index (χ2n) is 6.20. The second kappa shape index (κ2) is 7.07. The maximum absolute atomic E-state index is 13.2. The molecule has 2 atom stereocenters. The number of hydrogen-bond acceptors (Lipinski definition) is 3. The highest BCUT2D eigenvalue weighted by atomic mass is 16.5. The molecule has 2 aromatic rings. The van der Waals surface area contributed by atoms with Crippen molar-refractivity contribution < 1.29 is 14.3 Å². The van der Waals surface area contributed by atoms with Gasteiger partial charge in [-0.25, -0.2) is 0 Å². The Morgan fingerprint density at radius 2 is 1.64 bits per heavy atom. The molecule has 3 rings (SSSR count). The lowest BCUT2D eigenvalue weighted by atomic mass is 10.0. The number of para-hydroxylation sites is 2. The third kappa shape index (κ3) is 3.15. The van der Waals surface area contributed by atoms with Gasteiger partial charge in [0.25, 0.3) is 5.91 Å². The van der Waals surface area contributed by atoms with Crippen LogP contribution in [-0.2, 0) is 14.3 Å². The van der Waals surface area contributed by atoms with Gasteiger partial charge in [0.1, 0.15) is 0 Å². The second-order valence-corrected chi connectivity index (χ2v) is 6.20. The summed E-state index contributed by atoms with van der Waals surface area (Å²) in [5, 5.41) is 0. The Labute approximate surface area is 147 Å². The van der Waals surface area contributed by atoms with Crippen LogP contribution in [0.5, 0.6) is 0 Å². The van der Waals surface area contributed by atoms with Gasteiger partial charge in [0.2, 0.25) is 5.91 Å². The zero-order valence-electron chi connectivity index (χ0n) is 14.7. The Morgan fingerprint density at radius 1 is 1.04 bits per heavy atom. The average molecular weight is 338 g/mol. The molecule has 0 unspecified atom stereocenters. The van der Waals surface area contributed by atoms with Gasteiger partial charge >= 0.3 is 0 Å². The maximum atomic E-state index is 13.2. The van der Waals surface area contributed by atoms with E-state index in [1.807, 2.05) is 61.5 Å². The largest absolute Gasteiger partial charge is 0.367 e. The van der Waals surface area contributed by atoms with Gasteiger partial charge in [-0.15, -0.1) is 0 Å². The van der Waals surface area contributed by atoms with E-state index in [2.05, 4.69) is 0 Å². The third-order valence-corrected chi connectivity index (χ3v) is 4.49. The summed E-state index contributed by atoms with van der Waals surface area (Å²) in [6, 6.07) is 16.8. The molecule has 0 saturated carbocycles. The highest BCUT2D eigenvalue weighted by Gasteiger charge is 2.36. The lowest BCUT2D eigenvalue weighted by Crippen LogP contribution is -2.52. The Bertz CT molecular complexity index is 776. The van der Waals surface area contributed by atoms with Crippen LogP contribution in [0.2, 0.25) is 0 Å². The molecule has 0 N–H and O–H groups in total. The molecule has 1 aliphatic rings. The van der Waals surface area contributed by atoms with E-state index in [0.29, 0.717) is 6.54 Å². The minimum Gasteiger partial charge on any atom is -0.367 e. The first kappa shape index (κ1) is 17.2. The summed E-state index contributed by atoms with van der Waals surface area (Å²) in [7, 11) is 1.54. The fourth-order valence-electron chi connectivity index (χ4n) is 3.42. The zero-order chi connectivity index (χ0) is 18.0. The summed E-state index contributed by atoms with van der Waals surface area (Å²) in [5.41, 5.74) is 2.30. The van der Waals surface area contributed by atoms with Crippen molar-refractivity contribution in [1.82, 2.24) is 0 Å². The summed E-state index contributed by atoms with van der Waals surface area (Å²) >= 11 is 0. The van der Waals surface area contributed by atoms with Gasteiger partial charge in [-0.05, 0) is 24.6 Å². The Morgan fingerprint density at radius 3 is 2.24 bits per heavy atom. The van der Waals surface area contributed by atoms with E-state index in [1.54, 1.807) is 16.7 Å². The summed E-state index contributed by atoms with van der Waals surface area (Å²) < 4.78 is 5.50. The van der Waals surface area contributed by atoms with Crippen LogP contribution in [0, 0.1) is 0 Å². The molecule has 0 aliphatic carbocycles. The van der Waals surface area contributed by atoms with Crippen molar-refractivity contribution in [2.45, 2.75) is 26.0 Å². The summed E-state index contributed by atoms with van der Waals surface area (Å²) in [5.74, 6) is -0.158. The molecule has 0 aromatic heterocycles. The highest BCUT2D eigenvalue weighted by Crippen LogP contribution is 2.37. The molecule has 0 saturated heterocycles. The number of anilines is 2. The van der Waals surface area contributed by atoms with Gasteiger partial charge < -0.3 is 14.5 Å². The first-order valence-corrected chi connectivity index (χ1v) is 8.32. The number of nitrogens with zero attached hydrogens (tertiary/aromatic N) is 2. The molecule has 0 fully saturated rings. The quantitative estimate of drug-likeness (QED) is 0.864. The standard InChI is InChI=1S/C20H22N2O3/c1-14-13-21(17-11-7-8-12-18(17)22(14)15(2)23)20(24)19(25-3)16-9-5-4-6-10-16/h4-12,14,19H,13H2,1-3H3/t14-,19+/m0/s1. The fourth-order valence-corrected chi connectivity index (χ4v) is 3.42. The first-order valence-electron chi connectivity index (χ1n) is 8.32. The molecular weight excluding hydrogens is 316 g/mol. The molecule has 25 heavy (non-hydrogen) atoms. The van der Waals surface area contributed by atoms with Crippen LogP contribution < -0.4 is 9.80 Å². The van der Waals surface area contributed by atoms with Crippen LogP contribution in [0.15, 0.2) is 54.6 Å². The Hall–Kier alpha value is -2.66. The molecule has 2 aromatic carbocycles. The molecule has 0 radical (unpaired) electrons. The monoisotopic (exact) mass is 338 g/mol. The van der Waals surface area contributed by atoms with Crippen molar-refractivity contribution in [2.75, 3.05) is 23.5 Å². The number of amides is 2. The van der Waals surface area contributed by atoms with E-state index in [9.17, 15) is 9.59 Å². The van der Waals surface area contributed by atoms with Gasteiger partial charge in [-0.1, -0.05) is 42.5 Å². The van der Waals surface area contributed by atoms with Crippen molar-refractivity contribution >= 4 is 23.2 Å². The van der Waals surface area contributed by atoms with E-state index >= 15 is 0 Å². The molecule has 1 aliphatic heterocycles. The number of carbonyl (C=O) groups is 2. The smallest absolute Gasteiger partial charge is 0.260 e. The first-order chi connectivity index (χ1) is 12.0. The van der Waals surface area contributed by atoms with Gasteiger partial charge in [0.05, 0.1) is 17.4 Å². The average Bonchev–Trinajstić information content (AvgIpc) is 2.62. The number of rotatable bonds is 3. The molecule has 130 valence electrons. The number of benzene rings is 2. The minimum atomic E-state index is -0.676. The van der Waals surface area contributed by atoms with Crippen LogP contribution in [-0.4, -0.2) is 31.5 Å². The maximum Gasteiger partial charge on any atom is 0.260 e. The number of ether oxygens (including phenoxy) is 1. The van der Waals surface area contributed by atoms with Crippen molar-refractivity contribution in [3.8, 4) is 0 Å². The SMILES string of the molecule is CO[C@@H](C(=O)N1C[C@H](C)N(C(C)=O)c2ccccc21)c1ccccc1. The number of carbonyl (C=O) groups excluding carboxylic acids is 2. The van der Waals surface area contributed by atoms with Crippen LogP contribution in [0.1, 0.15) is 25.5 Å². The number of methoxy groups -OCH3 is 1. The zero-order valence-corrected chi connectivity index (χ0v) is 14.7. The van der Waals surface area contributed by atoms with Gasteiger partial charge in [0, 0.05) is 20.6 Å². The molecule has 0 spiro atoms. The van der Waals surface area contributed by atoms with Gasteiger partial charge in [-0.3, -0.25) is 9.59 Å². The van der Waals surface area contributed by atoms with Crippen LogP contribution >= 0.6 is 0 Å². The fraction of sp³-hybridized carbons (Fsp3) is 0.300. The number of hydrogen-bond donors (Lipinski definition) is 0. The normalized spacial score (nSPS) is 17.8. The Balaban J connectivity index is 2.00. The molecule has 5 heteroatoms. The minimum absolute atomic E-state index is 0.0293. The van der Waals surface area contributed by atoms with E-state index < -0.39 is 6.10 Å². The van der Waals surface area contributed by atoms with Gasteiger partial charge in [0.15, 0.2) is 6.10 Å². The van der Waals surface area contributed by atoms with Crippen molar-refractivity contribution in [3.05, 3.63) is 60.2 Å². The van der Waals surface area contributed by atoms with Crippen molar-refractivity contribution in [2.24, 2.45) is 0 Å². The van der Waals surface area contributed by atoms with Crippen LogP contribution in [0.3, 0.4) is 0 Å². The van der Waals surface area contributed by atoms with E-state index in [1.165, 1.54) is 7.11 Å². The molecular formula is C20H22N2O3. The molecule has 1 heterocycles. The summed E-state index contributed by atoms with van der Waals surface area (Å²) in [6.45, 7) is 3.93. The van der Waals surface area contributed by atoms with E-state index in [0.717, 1.165) is 16.9 Å². The van der Waals surface area contributed by atoms with Crippen LogP contribution in [0.4, 0.5) is 11.4 Å². The van der Waals surface area contributed by atoms with Gasteiger partial charge in [-0.2, -0.15) is 0 Å². The predicted molar refractivity (Wildman–Crippen MR) is 97.6 cm³/mol. The lowest BCUT2D eigenvalue weighted by molar-refractivity contribution is -0.129. The third-order valence-electron chi connectivity index (χ3n) is 4.49. The highest BCUT2D eigenvalue weighted by molar-refractivity contribution is 6.05. The van der Waals surface area contributed by atoms with Crippen molar-refractivity contribution in [3.63, 3.8) is 0 Å².